The van der Waals surface area contributed by atoms with Crippen LogP contribution < -0.4 is 5.32 Å². The lowest BCUT2D eigenvalue weighted by Crippen LogP contribution is -2.19. The molecule has 1 aromatic carbocycles. The molecule has 0 amide bonds. The average molecular weight is 251 g/mol. The molecule has 2 N–H and O–H groups in total. The predicted octanol–water partition coefficient (Wildman–Crippen LogP) is 2.85. The van der Waals surface area contributed by atoms with Gasteiger partial charge in [-0.2, -0.15) is 5.10 Å². The van der Waals surface area contributed by atoms with E-state index in [0.29, 0.717) is 12.1 Å². The molecule has 0 spiro atoms. The maximum absolute atomic E-state index is 13.5. The van der Waals surface area contributed by atoms with Gasteiger partial charge in [0.05, 0.1) is 6.20 Å². The molecular weight excluding hydrogens is 236 g/mol. The first kappa shape index (κ1) is 12.7. The van der Waals surface area contributed by atoms with Gasteiger partial charge < -0.3 is 5.32 Å². The summed E-state index contributed by atoms with van der Waals surface area (Å²) < 4.78 is 26.3. The lowest BCUT2D eigenvalue weighted by atomic mass is 10.1. The molecule has 0 aliphatic rings. The molecule has 1 unspecified atom stereocenters. The smallest absolute Gasteiger partial charge is 0.130 e. The second-order valence-corrected chi connectivity index (χ2v) is 4.29. The van der Waals surface area contributed by atoms with Crippen molar-refractivity contribution in [2.24, 2.45) is 0 Å². The molecule has 0 saturated heterocycles. The third-order valence-corrected chi connectivity index (χ3v) is 2.96. The molecule has 0 bridgehead atoms. The van der Waals surface area contributed by atoms with Crippen molar-refractivity contribution in [3.05, 3.63) is 52.9 Å². The summed E-state index contributed by atoms with van der Waals surface area (Å²) in [6.45, 7) is 4.35. The summed E-state index contributed by atoms with van der Waals surface area (Å²) >= 11 is 0. The van der Waals surface area contributed by atoms with Gasteiger partial charge in [0.2, 0.25) is 0 Å². The van der Waals surface area contributed by atoms with E-state index >= 15 is 0 Å². The summed E-state index contributed by atoms with van der Waals surface area (Å²) in [7, 11) is 0. The van der Waals surface area contributed by atoms with E-state index in [9.17, 15) is 8.78 Å². The van der Waals surface area contributed by atoms with Gasteiger partial charge in [0, 0.05) is 35.5 Å². The van der Waals surface area contributed by atoms with E-state index < -0.39 is 11.6 Å². The van der Waals surface area contributed by atoms with Crippen LogP contribution in [-0.2, 0) is 6.54 Å². The van der Waals surface area contributed by atoms with Crippen molar-refractivity contribution < 1.29 is 8.78 Å². The van der Waals surface area contributed by atoms with Gasteiger partial charge in [-0.05, 0) is 19.9 Å². The highest BCUT2D eigenvalue weighted by atomic mass is 19.1. The predicted molar refractivity (Wildman–Crippen MR) is 64.9 cm³/mol. The fourth-order valence-electron chi connectivity index (χ4n) is 1.78. The van der Waals surface area contributed by atoms with E-state index in [2.05, 4.69) is 15.5 Å². The summed E-state index contributed by atoms with van der Waals surface area (Å²) in [5, 5.41) is 9.93. The third kappa shape index (κ3) is 2.73. The standard InChI is InChI=1S/C13H15F2N3/c1-8-10(7-17-18-8)6-16-9(2)12-4-3-11(14)5-13(12)15/h3-5,7,9,16H,6H2,1-2H3,(H,17,18). The van der Waals surface area contributed by atoms with Gasteiger partial charge in [-0.3, -0.25) is 5.10 Å². The van der Waals surface area contributed by atoms with Gasteiger partial charge in [-0.1, -0.05) is 6.07 Å². The van der Waals surface area contributed by atoms with Crippen LogP contribution in [-0.4, -0.2) is 10.2 Å². The normalized spacial score (nSPS) is 12.7. The molecule has 0 radical (unpaired) electrons. The molecule has 0 saturated carbocycles. The number of rotatable bonds is 4. The van der Waals surface area contributed by atoms with E-state index in [4.69, 9.17) is 0 Å². The number of aromatic amines is 1. The van der Waals surface area contributed by atoms with Crippen molar-refractivity contribution >= 4 is 0 Å². The first-order valence-electron chi connectivity index (χ1n) is 5.75. The number of halogens is 2. The second-order valence-electron chi connectivity index (χ2n) is 4.29. The second kappa shape index (κ2) is 5.27. The molecule has 2 rings (SSSR count). The van der Waals surface area contributed by atoms with Gasteiger partial charge in [0.1, 0.15) is 11.6 Å². The Morgan fingerprint density at radius 1 is 1.39 bits per heavy atom. The Kier molecular flexibility index (Phi) is 3.72. The summed E-state index contributed by atoms with van der Waals surface area (Å²) in [5.74, 6) is -1.09. The van der Waals surface area contributed by atoms with Crippen molar-refractivity contribution in [1.29, 1.82) is 0 Å². The fraction of sp³-hybridized carbons (Fsp3) is 0.308. The number of hydrogen-bond acceptors (Lipinski definition) is 2. The first-order valence-corrected chi connectivity index (χ1v) is 5.75. The molecule has 96 valence electrons. The zero-order chi connectivity index (χ0) is 13.1. The molecule has 0 aliphatic heterocycles. The van der Waals surface area contributed by atoms with E-state index in [0.717, 1.165) is 17.3 Å². The van der Waals surface area contributed by atoms with Crippen LogP contribution in [0.1, 0.15) is 29.8 Å². The molecule has 1 heterocycles. The Labute approximate surface area is 104 Å². The lowest BCUT2D eigenvalue weighted by Gasteiger charge is -2.14. The van der Waals surface area contributed by atoms with Crippen LogP contribution in [0.3, 0.4) is 0 Å². The van der Waals surface area contributed by atoms with E-state index in [-0.39, 0.29) is 6.04 Å². The zero-order valence-electron chi connectivity index (χ0n) is 10.3. The quantitative estimate of drug-likeness (QED) is 0.877. The highest BCUT2D eigenvalue weighted by Gasteiger charge is 2.11. The maximum Gasteiger partial charge on any atom is 0.130 e. The van der Waals surface area contributed by atoms with E-state index in [1.165, 1.54) is 12.1 Å². The third-order valence-electron chi connectivity index (χ3n) is 2.96. The van der Waals surface area contributed by atoms with Gasteiger partial charge in [0.15, 0.2) is 0 Å². The number of nitrogens with zero attached hydrogens (tertiary/aromatic N) is 1. The molecule has 1 aromatic heterocycles. The van der Waals surface area contributed by atoms with Crippen molar-refractivity contribution in [2.75, 3.05) is 0 Å². The Hall–Kier alpha value is -1.75. The molecule has 0 aliphatic carbocycles. The van der Waals surface area contributed by atoms with Crippen LogP contribution in [0.2, 0.25) is 0 Å². The van der Waals surface area contributed by atoms with Crippen molar-refractivity contribution in [3.8, 4) is 0 Å². The van der Waals surface area contributed by atoms with Crippen LogP contribution in [0.15, 0.2) is 24.4 Å². The number of nitrogens with one attached hydrogen (secondary N) is 2. The zero-order valence-corrected chi connectivity index (χ0v) is 10.3. The highest BCUT2D eigenvalue weighted by Crippen LogP contribution is 2.18. The van der Waals surface area contributed by atoms with Crippen LogP contribution >= 0.6 is 0 Å². The number of benzene rings is 1. The summed E-state index contributed by atoms with van der Waals surface area (Å²) in [4.78, 5) is 0. The maximum atomic E-state index is 13.5. The van der Waals surface area contributed by atoms with E-state index in [1.807, 2.05) is 13.8 Å². The van der Waals surface area contributed by atoms with Gasteiger partial charge >= 0.3 is 0 Å². The first-order chi connectivity index (χ1) is 8.58. The SMILES string of the molecule is Cc1[nH]ncc1CNC(C)c1ccc(F)cc1F. The average Bonchev–Trinajstić information content (AvgIpc) is 2.72. The summed E-state index contributed by atoms with van der Waals surface area (Å²) in [6.07, 6.45) is 1.73. The largest absolute Gasteiger partial charge is 0.306 e. The topological polar surface area (TPSA) is 40.7 Å². The monoisotopic (exact) mass is 251 g/mol. The van der Waals surface area contributed by atoms with Crippen molar-refractivity contribution in [1.82, 2.24) is 15.5 Å². The Balaban J connectivity index is 2.03. The molecule has 3 nitrogen and oxygen atoms in total. The number of H-pyrrole nitrogens is 1. The minimum Gasteiger partial charge on any atom is -0.306 e. The van der Waals surface area contributed by atoms with Crippen molar-refractivity contribution in [2.45, 2.75) is 26.4 Å². The minimum absolute atomic E-state index is 0.195. The summed E-state index contributed by atoms with van der Waals surface area (Å²) in [6, 6.07) is 3.43. The van der Waals surface area contributed by atoms with E-state index in [1.54, 1.807) is 6.20 Å². The molecule has 2 aromatic rings. The highest BCUT2D eigenvalue weighted by molar-refractivity contribution is 5.22. The van der Waals surface area contributed by atoms with Gasteiger partial charge in [-0.25, -0.2) is 8.78 Å². The van der Waals surface area contributed by atoms with Crippen LogP contribution in [0.4, 0.5) is 8.78 Å². The molecule has 18 heavy (non-hydrogen) atoms. The Morgan fingerprint density at radius 3 is 2.78 bits per heavy atom. The molecule has 1 atom stereocenters. The number of aromatic nitrogens is 2. The summed E-state index contributed by atoms with van der Waals surface area (Å²) in [5.41, 5.74) is 2.47. The minimum atomic E-state index is -0.561. The lowest BCUT2D eigenvalue weighted by molar-refractivity contribution is 0.517. The number of aryl methyl sites for hydroxylation is 1. The van der Waals surface area contributed by atoms with Crippen molar-refractivity contribution in [3.63, 3.8) is 0 Å². The fourth-order valence-corrected chi connectivity index (χ4v) is 1.78. The molecular formula is C13H15F2N3. The van der Waals surface area contributed by atoms with Crippen LogP contribution in [0.5, 0.6) is 0 Å². The molecule has 0 fully saturated rings. The Bertz CT molecular complexity index is 537. The number of hydrogen-bond donors (Lipinski definition) is 2. The molecule has 5 heteroatoms. The van der Waals surface area contributed by atoms with Crippen LogP contribution in [0, 0.1) is 18.6 Å². The van der Waals surface area contributed by atoms with Crippen LogP contribution in [0.25, 0.3) is 0 Å². The van der Waals surface area contributed by atoms with Gasteiger partial charge in [0.25, 0.3) is 0 Å². The Morgan fingerprint density at radius 2 is 2.17 bits per heavy atom. The van der Waals surface area contributed by atoms with Gasteiger partial charge in [-0.15, -0.1) is 0 Å².